The summed E-state index contributed by atoms with van der Waals surface area (Å²) in [6.07, 6.45) is 4.32. The van der Waals surface area contributed by atoms with Gasteiger partial charge in [0.1, 0.15) is 17.4 Å². The molecule has 0 atom stereocenters. The van der Waals surface area contributed by atoms with Crippen molar-refractivity contribution in [1.29, 1.82) is 0 Å². The summed E-state index contributed by atoms with van der Waals surface area (Å²) in [5, 5.41) is 4.47. The highest BCUT2D eigenvalue weighted by Crippen LogP contribution is 2.27. The summed E-state index contributed by atoms with van der Waals surface area (Å²) in [5.41, 5.74) is 0.507. The van der Waals surface area contributed by atoms with Gasteiger partial charge >= 0.3 is 0 Å². The molecule has 23 heavy (non-hydrogen) atoms. The first-order chi connectivity index (χ1) is 11.1. The molecule has 3 aromatic rings. The van der Waals surface area contributed by atoms with Crippen LogP contribution in [-0.2, 0) is 4.79 Å². The van der Waals surface area contributed by atoms with E-state index in [4.69, 9.17) is 4.42 Å². The summed E-state index contributed by atoms with van der Waals surface area (Å²) in [6.45, 7) is 0. The van der Waals surface area contributed by atoms with Gasteiger partial charge in [0, 0.05) is 23.1 Å². The molecule has 0 unspecified atom stereocenters. The molecule has 7 heteroatoms. The molecular formula is C16H10F2N2O2S. The van der Waals surface area contributed by atoms with Crippen molar-refractivity contribution in [2.45, 2.75) is 0 Å². The van der Waals surface area contributed by atoms with E-state index in [9.17, 15) is 13.6 Å². The molecule has 1 N–H and O–H groups in total. The number of carbonyl (C=O) groups is 1. The minimum absolute atomic E-state index is 0.175. The van der Waals surface area contributed by atoms with Crippen LogP contribution in [0.5, 0.6) is 0 Å². The number of aromatic nitrogens is 1. The second-order valence-electron chi connectivity index (χ2n) is 4.50. The lowest BCUT2D eigenvalue weighted by atomic mass is 10.1. The standard InChI is InChI=1S/C16H10F2N2O2S/c17-10-3-5-12(13(18)8-10)14-9-23-16(19-14)20-15(21)6-4-11-2-1-7-22-11/h1-9H,(H,19,20,21)/b6-4+. The maximum atomic E-state index is 13.7. The first-order valence-electron chi connectivity index (χ1n) is 6.55. The second kappa shape index (κ2) is 6.53. The highest BCUT2D eigenvalue weighted by atomic mass is 32.1. The molecule has 3 rings (SSSR count). The second-order valence-corrected chi connectivity index (χ2v) is 5.36. The van der Waals surface area contributed by atoms with Gasteiger partial charge in [-0.15, -0.1) is 11.3 Å². The minimum atomic E-state index is -0.703. The molecule has 1 aromatic carbocycles. The number of halogens is 2. The largest absolute Gasteiger partial charge is 0.465 e. The van der Waals surface area contributed by atoms with Crippen molar-refractivity contribution < 1.29 is 18.0 Å². The Morgan fingerprint density at radius 1 is 1.30 bits per heavy atom. The highest BCUT2D eigenvalue weighted by molar-refractivity contribution is 7.14. The van der Waals surface area contributed by atoms with Crippen LogP contribution >= 0.6 is 11.3 Å². The van der Waals surface area contributed by atoms with Gasteiger partial charge in [0.25, 0.3) is 0 Å². The number of hydrogen-bond acceptors (Lipinski definition) is 4. The number of carbonyl (C=O) groups excluding carboxylic acids is 1. The van der Waals surface area contributed by atoms with Crippen LogP contribution in [0.1, 0.15) is 5.76 Å². The van der Waals surface area contributed by atoms with Crippen LogP contribution in [0.2, 0.25) is 0 Å². The predicted octanol–water partition coefficient (Wildman–Crippen LogP) is 4.33. The van der Waals surface area contributed by atoms with Crippen molar-refractivity contribution >= 4 is 28.5 Å². The summed E-state index contributed by atoms with van der Waals surface area (Å²) >= 11 is 1.15. The zero-order chi connectivity index (χ0) is 16.2. The Kier molecular flexibility index (Phi) is 4.29. The molecule has 2 aromatic heterocycles. The Balaban J connectivity index is 1.71. The van der Waals surface area contributed by atoms with E-state index in [1.165, 1.54) is 24.5 Å². The summed E-state index contributed by atoms with van der Waals surface area (Å²) in [6, 6.07) is 6.67. The number of rotatable bonds is 4. The van der Waals surface area contributed by atoms with E-state index in [0.717, 1.165) is 23.5 Å². The number of amides is 1. The van der Waals surface area contributed by atoms with Gasteiger partial charge in [-0.1, -0.05) is 0 Å². The van der Waals surface area contributed by atoms with Crippen LogP contribution in [-0.4, -0.2) is 10.9 Å². The monoisotopic (exact) mass is 332 g/mol. The van der Waals surface area contributed by atoms with Crippen molar-refractivity contribution in [2.75, 3.05) is 5.32 Å². The molecular weight excluding hydrogens is 322 g/mol. The number of anilines is 1. The third kappa shape index (κ3) is 3.70. The van der Waals surface area contributed by atoms with Crippen LogP contribution in [0.4, 0.5) is 13.9 Å². The fraction of sp³-hybridized carbons (Fsp3) is 0. The summed E-state index contributed by atoms with van der Waals surface area (Å²) < 4.78 is 31.7. The zero-order valence-corrected chi connectivity index (χ0v) is 12.4. The van der Waals surface area contributed by atoms with Crippen molar-refractivity contribution in [1.82, 2.24) is 4.98 Å². The molecule has 2 heterocycles. The molecule has 0 saturated heterocycles. The van der Waals surface area contributed by atoms with Gasteiger partial charge in [-0.05, 0) is 30.3 Å². The maximum absolute atomic E-state index is 13.7. The fourth-order valence-electron chi connectivity index (χ4n) is 1.84. The van der Waals surface area contributed by atoms with Gasteiger partial charge in [-0.25, -0.2) is 13.8 Å². The van der Waals surface area contributed by atoms with Gasteiger partial charge in [0.15, 0.2) is 5.13 Å². The zero-order valence-electron chi connectivity index (χ0n) is 11.6. The Morgan fingerprint density at radius 3 is 2.91 bits per heavy atom. The number of nitrogens with zero attached hydrogens (tertiary/aromatic N) is 1. The molecule has 4 nitrogen and oxygen atoms in total. The molecule has 0 saturated carbocycles. The lowest BCUT2D eigenvalue weighted by Crippen LogP contribution is -2.07. The Bertz CT molecular complexity index is 857. The van der Waals surface area contributed by atoms with Gasteiger partial charge in [-0.3, -0.25) is 10.1 Å². The van der Waals surface area contributed by atoms with E-state index in [-0.39, 0.29) is 11.5 Å². The van der Waals surface area contributed by atoms with Crippen LogP contribution in [0.3, 0.4) is 0 Å². The molecule has 1 amide bonds. The lowest BCUT2D eigenvalue weighted by molar-refractivity contribution is -0.111. The van der Waals surface area contributed by atoms with Crippen molar-refractivity contribution in [2.24, 2.45) is 0 Å². The average molecular weight is 332 g/mol. The normalized spacial score (nSPS) is 11.0. The Hall–Kier alpha value is -2.80. The van der Waals surface area contributed by atoms with Crippen molar-refractivity contribution in [3.63, 3.8) is 0 Å². The molecule has 0 aliphatic carbocycles. The van der Waals surface area contributed by atoms with E-state index in [1.807, 2.05) is 0 Å². The summed E-state index contributed by atoms with van der Waals surface area (Å²) in [5.74, 6) is -1.20. The molecule has 0 aliphatic rings. The van der Waals surface area contributed by atoms with E-state index in [2.05, 4.69) is 10.3 Å². The number of furan rings is 1. The number of benzene rings is 1. The van der Waals surface area contributed by atoms with Gasteiger partial charge < -0.3 is 4.42 Å². The first kappa shape index (κ1) is 15.1. The molecule has 0 spiro atoms. The van der Waals surface area contributed by atoms with Gasteiger partial charge in [0.2, 0.25) is 5.91 Å². The topological polar surface area (TPSA) is 55.1 Å². The Morgan fingerprint density at radius 2 is 2.17 bits per heavy atom. The van der Waals surface area contributed by atoms with Gasteiger partial charge in [-0.2, -0.15) is 0 Å². The molecule has 0 bridgehead atoms. The van der Waals surface area contributed by atoms with Crippen LogP contribution in [0.15, 0.2) is 52.5 Å². The summed E-state index contributed by atoms with van der Waals surface area (Å²) in [7, 11) is 0. The SMILES string of the molecule is O=C(/C=C/c1ccco1)Nc1nc(-c2ccc(F)cc2F)cs1. The molecule has 116 valence electrons. The van der Waals surface area contributed by atoms with E-state index >= 15 is 0 Å². The molecule has 0 radical (unpaired) electrons. The number of nitrogens with one attached hydrogen (secondary N) is 1. The third-order valence-corrected chi connectivity index (χ3v) is 3.64. The van der Waals surface area contributed by atoms with Crippen molar-refractivity contribution in [3.8, 4) is 11.3 Å². The van der Waals surface area contributed by atoms with E-state index in [0.29, 0.717) is 16.6 Å². The van der Waals surface area contributed by atoms with E-state index < -0.39 is 11.6 Å². The molecule has 0 fully saturated rings. The summed E-state index contributed by atoms with van der Waals surface area (Å²) in [4.78, 5) is 15.9. The smallest absolute Gasteiger partial charge is 0.250 e. The third-order valence-electron chi connectivity index (χ3n) is 2.88. The molecule has 0 aliphatic heterocycles. The van der Waals surface area contributed by atoms with Crippen molar-refractivity contribution in [3.05, 3.63) is 65.4 Å². The van der Waals surface area contributed by atoms with E-state index in [1.54, 1.807) is 17.5 Å². The quantitative estimate of drug-likeness (QED) is 0.723. The Labute approximate surface area is 134 Å². The lowest BCUT2D eigenvalue weighted by Gasteiger charge is -1.99. The number of hydrogen-bond donors (Lipinski definition) is 1. The van der Waals surface area contributed by atoms with Crippen LogP contribution in [0.25, 0.3) is 17.3 Å². The predicted molar refractivity (Wildman–Crippen MR) is 83.8 cm³/mol. The average Bonchev–Trinajstić information content (AvgIpc) is 3.17. The van der Waals surface area contributed by atoms with Crippen LogP contribution in [0, 0.1) is 11.6 Å². The first-order valence-corrected chi connectivity index (χ1v) is 7.43. The van der Waals surface area contributed by atoms with Gasteiger partial charge in [0.05, 0.1) is 12.0 Å². The number of thiazole rings is 1. The minimum Gasteiger partial charge on any atom is -0.465 e. The fourth-order valence-corrected chi connectivity index (χ4v) is 2.56. The highest BCUT2D eigenvalue weighted by Gasteiger charge is 2.11. The maximum Gasteiger partial charge on any atom is 0.250 e. The van der Waals surface area contributed by atoms with Crippen LogP contribution < -0.4 is 5.32 Å².